The molecule has 0 aliphatic heterocycles. The number of halogens is 1. The molecule has 0 N–H and O–H groups in total. The van der Waals surface area contributed by atoms with Crippen molar-refractivity contribution in [3.8, 4) is 5.88 Å². The summed E-state index contributed by atoms with van der Waals surface area (Å²) in [5, 5.41) is 0. The van der Waals surface area contributed by atoms with Gasteiger partial charge in [-0.1, -0.05) is 0 Å². The van der Waals surface area contributed by atoms with Crippen molar-refractivity contribution in [1.82, 2.24) is 4.98 Å². The minimum atomic E-state index is 0.628. The number of pyridine rings is 1. The molecule has 1 heterocycles. The highest BCUT2D eigenvalue weighted by Gasteiger charge is 2.04. The lowest BCUT2D eigenvalue weighted by molar-refractivity contribution is 0.170. The molecule has 0 atom stereocenters. The van der Waals surface area contributed by atoms with Gasteiger partial charge in [0.15, 0.2) is 0 Å². The van der Waals surface area contributed by atoms with Gasteiger partial charge in [0.25, 0.3) is 0 Å². The first kappa shape index (κ1) is 11.5. The maximum atomic E-state index is 5.48. The van der Waals surface area contributed by atoms with Gasteiger partial charge in [-0.3, -0.25) is 0 Å². The van der Waals surface area contributed by atoms with Crippen LogP contribution in [0.5, 0.6) is 5.88 Å². The molecule has 14 heavy (non-hydrogen) atoms. The molecule has 0 fully saturated rings. The van der Waals surface area contributed by atoms with Gasteiger partial charge in [0, 0.05) is 26.3 Å². The van der Waals surface area contributed by atoms with Gasteiger partial charge < -0.3 is 9.47 Å². The van der Waals surface area contributed by atoms with Gasteiger partial charge in [0.05, 0.1) is 11.1 Å². The summed E-state index contributed by atoms with van der Waals surface area (Å²) in [7, 11) is 1.68. The molecule has 4 heteroatoms. The summed E-state index contributed by atoms with van der Waals surface area (Å²) in [6.07, 6.45) is 2.62. The summed E-state index contributed by atoms with van der Waals surface area (Å²) < 4.78 is 11.3. The first-order valence-corrected chi connectivity index (χ1v) is 5.28. The van der Waals surface area contributed by atoms with E-state index in [1.54, 1.807) is 13.3 Å². The van der Waals surface area contributed by atoms with E-state index in [0.29, 0.717) is 19.1 Å². The fourth-order valence-corrected chi connectivity index (χ4v) is 1.34. The normalized spacial score (nSPS) is 10.2. The number of hydrogen-bond donors (Lipinski definition) is 0. The average molecular weight is 260 g/mol. The Balaban J connectivity index is 2.46. The molecule has 0 spiro atoms. The van der Waals surface area contributed by atoms with Crippen molar-refractivity contribution in [2.45, 2.75) is 13.3 Å². The zero-order chi connectivity index (χ0) is 10.4. The van der Waals surface area contributed by atoms with Crippen molar-refractivity contribution in [3.63, 3.8) is 0 Å². The number of ether oxygens (including phenoxy) is 2. The Kier molecular flexibility index (Phi) is 4.90. The second-order valence-electron chi connectivity index (χ2n) is 2.94. The van der Waals surface area contributed by atoms with Crippen LogP contribution in [0.4, 0.5) is 0 Å². The summed E-state index contributed by atoms with van der Waals surface area (Å²) >= 11 is 3.43. The van der Waals surface area contributed by atoms with E-state index in [2.05, 4.69) is 20.9 Å². The second-order valence-corrected chi connectivity index (χ2v) is 3.73. The third kappa shape index (κ3) is 3.27. The maximum absolute atomic E-state index is 5.48. The monoisotopic (exact) mass is 259 g/mol. The van der Waals surface area contributed by atoms with E-state index >= 15 is 0 Å². The van der Waals surface area contributed by atoms with Crippen LogP contribution in [0.15, 0.2) is 16.7 Å². The van der Waals surface area contributed by atoms with Crippen LogP contribution < -0.4 is 4.74 Å². The van der Waals surface area contributed by atoms with Gasteiger partial charge in [-0.2, -0.15) is 0 Å². The van der Waals surface area contributed by atoms with E-state index in [-0.39, 0.29) is 0 Å². The molecule has 78 valence electrons. The van der Waals surface area contributed by atoms with Gasteiger partial charge in [-0.25, -0.2) is 4.98 Å². The largest absolute Gasteiger partial charge is 0.477 e. The summed E-state index contributed by atoms with van der Waals surface area (Å²) in [6, 6.07) is 1.94. The zero-order valence-corrected chi connectivity index (χ0v) is 10.0. The van der Waals surface area contributed by atoms with E-state index in [9.17, 15) is 0 Å². The Morgan fingerprint density at radius 1 is 1.43 bits per heavy atom. The molecule has 1 aromatic rings. The number of methoxy groups -OCH3 is 1. The Hall–Kier alpha value is -0.610. The summed E-state index contributed by atoms with van der Waals surface area (Å²) in [4.78, 5) is 4.13. The van der Waals surface area contributed by atoms with Crippen LogP contribution in [-0.4, -0.2) is 25.3 Å². The lowest BCUT2D eigenvalue weighted by Crippen LogP contribution is -2.03. The van der Waals surface area contributed by atoms with Crippen molar-refractivity contribution in [2.75, 3.05) is 20.3 Å². The quantitative estimate of drug-likeness (QED) is 0.762. The zero-order valence-electron chi connectivity index (χ0n) is 8.42. The van der Waals surface area contributed by atoms with E-state index in [1.807, 2.05) is 13.0 Å². The molecule has 0 aromatic carbocycles. The van der Waals surface area contributed by atoms with Gasteiger partial charge in [-0.15, -0.1) is 0 Å². The number of aromatic nitrogens is 1. The first-order valence-electron chi connectivity index (χ1n) is 4.48. The molecule has 0 amide bonds. The average Bonchev–Trinajstić information content (AvgIpc) is 2.19. The third-order valence-corrected chi connectivity index (χ3v) is 2.75. The molecule has 0 unspecified atom stereocenters. The molecule has 0 saturated carbocycles. The predicted octanol–water partition coefficient (Wildman–Crippen LogP) is 2.57. The van der Waals surface area contributed by atoms with Gasteiger partial charge in [-0.05, 0) is 34.5 Å². The van der Waals surface area contributed by atoms with Gasteiger partial charge in [0.1, 0.15) is 0 Å². The molecular weight excluding hydrogens is 246 g/mol. The molecule has 0 aliphatic carbocycles. The molecule has 0 radical (unpaired) electrons. The highest BCUT2D eigenvalue weighted by molar-refractivity contribution is 9.10. The molecule has 0 aliphatic rings. The van der Waals surface area contributed by atoms with Crippen LogP contribution in [0.1, 0.15) is 12.0 Å². The number of hydrogen-bond acceptors (Lipinski definition) is 3. The SMILES string of the molecule is COCCCOc1nccc(C)c1Br. The van der Waals surface area contributed by atoms with Crippen LogP contribution in [-0.2, 0) is 4.74 Å². The van der Waals surface area contributed by atoms with Crippen LogP contribution in [0, 0.1) is 6.92 Å². The van der Waals surface area contributed by atoms with Crippen LogP contribution >= 0.6 is 15.9 Å². The number of aryl methyl sites for hydroxylation is 1. The lowest BCUT2D eigenvalue weighted by Gasteiger charge is -2.07. The summed E-state index contributed by atoms with van der Waals surface area (Å²) in [5.41, 5.74) is 1.13. The smallest absolute Gasteiger partial charge is 0.228 e. The highest BCUT2D eigenvalue weighted by atomic mass is 79.9. The van der Waals surface area contributed by atoms with Crippen molar-refractivity contribution >= 4 is 15.9 Å². The second kappa shape index (κ2) is 5.98. The van der Waals surface area contributed by atoms with Crippen molar-refractivity contribution in [3.05, 3.63) is 22.3 Å². The van der Waals surface area contributed by atoms with Crippen LogP contribution in [0.3, 0.4) is 0 Å². The van der Waals surface area contributed by atoms with Crippen molar-refractivity contribution in [1.29, 1.82) is 0 Å². The summed E-state index contributed by atoms with van der Waals surface area (Å²) in [5.74, 6) is 0.654. The van der Waals surface area contributed by atoms with E-state index < -0.39 is 0 Å². The fourth-order valence-electron chi connectivity index (χ4n) is 0.988. The van der Waals surface area contributed by atoms with Crippen molar-refractivity contribution < 1.29 is 9.47 Å². The highest BCUT2D eigenvalue weighted by Crippen LogP contribution is 2.25. The van der Waals surface area contributed by atoms with Gasteiger partial charge >= 0.3 is 0 Å². The van der Waals surface area contributed by atoms with Gasteiger partial charge in [0.2, 0.25) is 5.88 Å². The standard InChI is InChI=1S/C10H14BrNO2/c1-8-4-5-12-10(9(8)11)14-7-3-6-13-2/h4-5H,3,6-7H2,1-2H3. The molecule has 0 saturated heterocycles. The first-order chi connectivity index (χ1) is 6.75. The molecule has 1 aromatic heterocycles. The molecular formula is C10H14BrNO2. The Morgan fingerprint density at radius 2 is 2.21 bits per heavy atom. The fraction of sp³-hybridized carbons (Fsp3) is 0.500. The molecule has 1 rings (SSSR count). The lowest BCUT2D eigenvalue weighted by atomic mass is 10.3. The maximum Gasteiger partial charge on any atom is 0.228 e. The molecule has 3 nitrogen and oxygen atoms in total. The van der Waals surface area contributed by atoms with Crippen LogP contribution in [0.25, 0.3) is 0 Å². The minimum Gasteiger partial charge on any atom is -0.477 e. The number of nitrogens with zero attached hydrogens (tertiary/aromatic N) is 1. The molecule has 0 bridgehead atoms. The van der Waals surface area contributed by atoms with E-state index in [4.69, 9.17) is 9.47 Å². The minimum absolute atomic E-state index is 0.628. The Morgan fingerprint density at radius 3 is 2.93 bits per heavy atom. The van der Waals surface area contributed by atoms with Crippen LogP contribution in [0.2, 0.25) is 0 Å². The Labute approximate surface area is 92.6 Å². The number of rotatable bonds is 5. The third-order valence-electron chi connectivity index (χ3n) is 1.78. The topological polar surface area (TPSA) is 31.4 Å². The van der Waals surface area contributed by atoms with Crippen molar-refractivity contribution in [2.24, 2.45) is 0 Å². The Bertz CT molecular complexity index is 291. The predicted molar refractivity (Wildman–Crippen MR) is 58.7 cm³/mol. The van der Waals surface area contributed by atoms with E-state index in [0.717, 1.165) is 16.5 Å². The summed E-state index contributed by atoms with van der Waals surface area (Å²) in [6.45, 7) is 3.35. The van der Waals surface area contributed by atoms with E-state index in [1.165, 1.54) is 0 Å².